The number of fused-ring (bicyclic) bond motifs is 2. The lowest BCUT2D eigenvalue weighted by Crippen LogP contribution is -2.51. The first-order chi connectivity index (χ1) is 19.4. The number of carbonyl (C=O) groups excluding carboxylic acids is 3. The second-order valence-corrected chi connectivity index (χ2v) is 12.1. The van der Waals surface area contributed by atoms with Gasteiger partial charge in [-0.25, -0.2) is 0 Å². The molecular weight excluding hydrogens is 528 g/mol. The Balaban J connectivity index is 1.49. The van der Waals surface area contributed by atoms with Gasteiger partial charge in [-0.3, -0.25) is 19.2 Å². The number of amides is 3. The van der Waals surface area contributed by atoms with Crippen molar-refractivity contribution in [1.29, 1.82) is 5.26 Å². The van der Waals surface area contributed by atoms with E-state index in [0.29, 0.717) is 25.7 Å². The van der Waals surface area contributed by atoms with Gasteiger partial charge in [0.1, 0.15) is 17.6 Å². The summed E-state index contributed by atoms with van der Waals surface area (Å²) in [6, 6.07) is 4.63. The first-order valence-corrected chi connectivity index (χ1v) is 14.4. The fourth-order valence-electron chi connectivity index (χ4n) is 6.59. The highest BCUT2D eigenvalue weighted by atomic mass is 16.5. The van der Waals surface area contributed by atoms with E-state index in [0.717, 1.165) is 19.3 Å². The largest absolute Gasteiger partial charge is 0.496 e. The molecule has 4 atom stereocenters. The standard InChI is InChI=1S/C30H40N4O7/c1-16(2)33-24(35)15-32-28(37)25-17-5-6-18(11-17)26(25)34-27(36)21-13-22(19(14-31)12-23(21)40-4)41-20-7-9-30(3,10-8-20)29(38)39/h12-13,16-18,20,25-26H,5-11,15H2,1-4H3,(H,32,37)(H,33,35)(H,34,36)(H,38,39)/t17-,18+,20-,25+,26-,30+/m1/s1. The van der Waals surface area contributed by atoms with Gasteiger partial charge in [-0.15, -0.1) is 0 Å². The molecule has 4 N–H and O–H groups in total. The summed E-state index contributed by atoms with van der Waals surface area (Å²) in [6.45, 7) is 5.30. The van der Waals surface area contributed by atoms with E-state index in [-0.39, 0.29) is 65.0 Å². The van der Waals surface area contributed by atoms with Crippen LogP contribution in [-0.4, -0.2) is 60.6 Å². The summed E-state index contributed by atoms with van der Waals surface area (Å²) in [5.41, 5.74) is -0.405. The topological polar surface area (TPSA) is 167 Å². The maximum atomic E-state index is 13.6. The normalized spacial score (nSPS) is 28.4. The van der Waals surface area contributed by atoms with E-state index >= 15 is 0 Å². The second kappa shape index (κ2) is 12.4. The number of hydrogen-bond donors (Lipinski definition) is 4. The number of carboxylic acid groups (broad SMARTS) is 1. The molecule has 0 aromatic heterocycles. The quantitative estimate of drug-likeness (QED) is 0.334. The SMILES string of the molecule is COc1cc(C#N)c(O[C@H]2CC[C@@](C)(C(=O)O)CC2)cc1C(=O)N[C@@H]1[C@H]2CC[C@H](C2)[C@@H]1C(=O)NCC(=O)NC(C)C. The van der Waals surface area contributed by atoms with Crippen LogP contribution in [0.4, 0.5) is 0 Å². The minimum atomic E-state index is -0.830. The number of nitrogens with zero attached hydrogens (tertiary/aromatic N) is 1. The molecule has 11 heteroatoms. The number of ether oxygens (including phenoxy) is 2. The number of carbonyl (C=O) groups is 4. The summed E-state index contributed by atoms with van der Waals surface area (Å²) in [5.74, 6) is -1.51. The van der Waals surface area contributed by atoms with Crippen LogP contribution in [0, 0.1) is 34.5 Å². The van der Waals surface area contributed by atoms with Gasteiger partial charge in [0.2, 0.25) is 11.8 Å². The van der Waals surface area contributed by atoms with Crippen molar-refractivity contribution in [2.45, 2.75) is 83.9 Å². The van der Waals surface area contributed by atoms with Crippen LogP contribution >= 0.6 is 0 Å². The lowest BCUT2D eigenvalue weighted by molar-refractivity contribution is -0.150. The molecule has 11 nitrogen and oxygen atoms in total. The fraction of sp³-hybridized carbons (Fsp3) is 0.633. The van der Waals surface area contributed by atoms with Crippen LogP contribution in [0.2, 0.25) is 0 Å². The van der Waals surface area contributed by atoms with Gasteiger partial charge in [-0.05, 0) is 83.6 Å². The smallest absolute Gasteiger partial charge is 0.309 e. The molecule has 0 saturated heterocycles. The highest BCUT2D eigenvalue weighted by molar-refractivity contribution is 5.98. The molecule has 2 bridgehead atoms. The van der Waals surface area contributed by atoms with Gasteiger partial charge in [-0.1, -0.05) is 0 Å². The monoisotopic (exact) mass is 568 g/mol. The number of benzene rings is 1. The summed E-state index contributed by atoms with van der Waals surface area (Å²) < 4.78 is 11.6. The minimum Gasteiger partial charge on any atom is -0.496 e. The van der Waals surface area contributed by atoms with Crippen molar-refractivity contribution in [2.24, 2.45) is 23.2 Å². The summed E-state index contributed by atoms with van der Waals surface area (Å²) in [4.78, 5) is 50.5. The average molecular weight is 569 g/mol. The molecule has 41 heavy (non-hydrogen) atoms. The molecule has 0 aliphatic heterocycles. The third kappa shape index (κ3) is 6.58. The van der Waals surface area contributed by atoms with Crippen LogP contribution in [0.15, 0.2) is 12.1 Å². The molecule has 1 aromatic carbocycles. The van der Waals surface area contributed by atoms with E-state index in [1.165, 1.54) is 19.2 Å². The molecule has 0 unspecified atom stereocenters. The van der Waals surface area contributed by atoms with Crippen molar-refractivity contribution in [1.82, 2.24) is 16.0 Å². The maximum absolute atomic E-state index is 13.6. The molecule has 0 heterocycles. The molecule has 3 aliphatic rings. The van der Waals surface area contributed by atoms with E-state index < -0.39 is 29.3 Å². The van der Waals surface area contributed by atoms with Crippen LogP contribution in [0.1, 0.15) is 81.6 Å². The molecule has 4 rings (SSSR count). The molecular formula is C30H40N4O7. The van der Waals surface area contributed by atoms with Crippen molar-refractivity contribution in [3.05, 3.63) is 23.3 Å². The van der Waals surface area contributed by atoms with E-state index in [2.05, 4.69) is 22.0 Å². The van der Waals surface area contributed by atoms with Gasteiger partial charge in [0.25, 0.3) is 5.91 Å². The molecule has 3 fully saturated rings. The van der Waals surface area contributed by atoms with Gasteiger partial charge >= 0.3 is 5.97 Å². The molecule has 1 aromatic rings. The van der Waals surface area contributed by atoms with E-state index in [9.17, 15) is 29.5 Å². The zero-order valence-electron chi connectivity index (χ0n) is 24.1. The third-order valence-electron chi connectivity index (χ3n) is 8.90. The van der Waals surface area contributed by atoms with Crippen LogP contribution in [0.25, 0.3) is 0 Å². The van der Waals surface area contributed by atoms with E-state index in [1.54, 1.807) is 6.92 Å². The Hall–Kier alpha value is -3.81. The van der Waals surface area contributed by atoms with Gasteiger partial charge in [0, 0.05) is 18.2 Å². The Labute approximate surface area is 240 Å². The lowest BCUT2D eigenvalue weighted by atomic mass is 9.75. The van der Waals surface area contributed by atoms with E-state index in [4.69, 9.17) is 9.47 Å². The van der Waals surface area contributed by atoms with Crippen molar-refractivity contribution in [3.8, 4) is 17.6 Å². The summed E-state index contributed by atoms with van der Waals surface area (Å²) >= 11 is 0. The molecule has 222 valence electrons. The predicted molar refractivity (Wildman–Crippen MR) is 148 cm³/mol. The molecule has 0 radical (unpaired) electrons. The minimum absolute atomic E-state index is 0.0340. The lowest BCUT2D eigenvalue weighted by Gasteiger charge is -2.34. The highest BCUT2D eigenvalue weighted by Crippen LogP contribution is 2.49. The van der Waals surface area contributed by atoms with Gasteiger partial charge < -0.3 is 30.5 Å². The molecule has 0 spiro atoms. The Morgan fingerprint density at radius 3 is 2.39 bits per heavy atom. The van der Waals surface area contributed by atoms with Gasteiger partial charge in [-0.2, -0.15) is 5.26 Å². The second-order valence-electron chi connectivity index (χ2n) is 12.1. The predicted octanol–water partition coefficient (Wildman–Crippen LogP) is 2.76. The number of rotatable bonds is 10. The average Bonchev–Trinajstić information content (AvgIpc) is 3.54. The number of nitriles is 1. The first kappa shape index (κ1) is 30.2. The van der Waals surface area contributed by atoms with Crippen molar-refractivity contribution >= 4 is 23.7 Å². The Bertz CT molecular complexity index is 1230. The number of nitrogens with one attached hydrogen (secondary N) is 3. The van der Waals surface area contributed by atoms with Gasteiger partial charge in [0.05, 0.1) is 42.2 Å². The first-order valence-electron chi connectivity index (χ1n) is 14.4. The van der Waals surface area contributed by atoms with Crippen LogP contribution < -0.4 is 25.4 Å². The van der Waals surface area contributed by atoms with Crippen molar-refractivity contribution in [3.63, 3.8) is 0 Å². The number of aliphatic carboxylic acids is 1. The Morgan fingerprint density at radius 2 is 1.78 bits per heavy atom. The zero-order valence-corrected chi connectivity index (χ0v) is 24.1. The molecule has 3 aliphatic carbocycles. The third-order valence-corrected chi connectivity index (χ3v) is 8.90. The summed E-state index contributed by atoms with van der Waals surface area (Å²) in [6.07, 6.45) is 4.27. The molecule has 3 amide bonds. The zero-order chi connectivity index (χ0) is 29.9. The molecule has 3 saturated carbocycles. The van der Waals surface area contributed by atoms with Crippen molar-refractivity contribution < 1.29 is 33.8 Å². The number of methoxy groups -OCH3 is 1. The number of hydrogen-bond acceptors (Lipinski definition) is 7. The van der Waals surface area contributed by atoms with Crippen LogP contribution in [0.5, 0.6) is 11.5 Å². The number of carboxylic acids is 1. The highest BCUT2D eigenvalue weighted by Gasteiger charge is 2.51. The van der Waals surface area contributed by atoms with Gasteiger partial charge in [0.15, 0.2) is 0 Å². The summed E-state index contributed by atoms with van der Waals surface area (Å²) in [7, 11) is 1.41. The Morgan fingerprint density at radius 1 is 1.10 bits per heavy atom. The Kier molecular flexibility index (Phi) is 9.10. The maximum Gasteiger partial charge on any atom is 0.309 e. The van der Waals surface area contributed by atoms with Crippen LogP contribution in [-0.2, 0) is 14.4 Å². The van der Waals surface area contributed by atoms with Crippen LogP contribution in [0.3, 0.4) is 0 Å². The van der Waals surface area contributed by atoms with Crippen molar-refractivity contribution in [2.75, 3.05) is 13.7 Å². The van der Waals surface area contributed by atoms with E-state index in [1.807, 2.05) is 13.8 Å². The fourth-order valence-corrected chi connectivity index (χ4v) is 6.59. The summed E-state index contributed by atoms with van der Waals surface area (Å²) in [5, 5.41) is 27.8.